The van der Waals surface area contributed by atoms with Crippen molar-refractivity contribution in [2.24, 2.45) is 0 Å². The minimum absolute atomic E-state index is 0.277. The summed E-state index contributed by atoms with van der Waals surface area (Å²) in [7, 11) is 0. The van der Waals surface area contributed by atoms with Crippen molar-refractivity contribution in [3.05, 3.63) is 68.7 Å². The van der Waals surface area contributed by atoms with Crippen LogP contribution in [0.4, 0.5) is 8.78 Å². The first-order valence-electron chi connectivity index (χ1n) is 5.51. The van der Waals surface area contributed by atoms with Crippen LogP contribution in [0.1, 0.15) is 16.0 Å². The molecular weight excluding hydrogens is 401 g/mol. The van der Waals surface area contributed by atoms with Gasteiger partial charge in [0.25, 0.3) is 0 Å². The summed E-state index contributed by atoms with van der Waals surface area (Å²) >= 11 is 12.6. The van der Waals surface area contributed by atoms with Crippen LogP contribution in [-0.2, 0) is 6.42 Å². The van der Waals surface area contributed by atoms with Gasteiger partial charge < -0.3 is 0 Å². The van der Waals surface area contributed by atoms with Gasteiger partial charge in [-0.25, -0.2) is 8.78 Å². The zero-order valence-corrected chi connectivity index (χ0v) is 13.6. The fourth-order valence-corrected chi connectivity index (χ4v) is 3.06. The average molecular weight is 410 g/mol. The highest BCUT2D eigenvalue weighted by Gasteiger charge is 2.17. The highest BCUT2D eigenvalue weighted by atomic mass is 79.9. The maximum Gasteiger partial charge on any atom is 0.127 e. The van der Waals surface area contributed by atoms with Crippen LogP contribution in [-0.4, -0.2) is 0 Å². The summed E-state index contributed by atoms with van der Waals surface area (Å²) in [5, 5.41) is 0.347. The second-order valence-corrected chi connectivity index (χ2v) is 6.47. The summed E-state index contributed by atoms with van der Waals surface area (Å²) in [5.74, 6) is -0.718. The Labute approximate surface area is 132 Å². The zero-order chi connectivity index (χ0) is 14.0. The van der Waals surface area contributed by atoms with Crippen LogP contribution >= 0.6 is 43.5 Å². The van der Waals surface area contributed by atoms with Crippen LogP contribution in [0.2, 0.25) is 5.02 Å². The Morgan fingerprint density at radius 2 is 1.84 bits per heavy atom. The van der Waals surface area contributed by atoms with Gasteiger partial charge in [-0.1, -0.05) is 49.5 Å². The van der Waals surface area contributed by atoms with E-state index in [9.17, 15) is 8.78 Å². The molecule has 1 atom stereocenters. The van der Waals surface area contributed by atoms with Crippen molar-refractivity contribution in [2.45, 2.75) is 11.2 Å². The molecule has 0 aliphatic rings. The Kier molecular flexibility index (Phi) is 4.98. The smallest absolute Gasteiger partial charge is 0.127 e. The van der Waals surface area contributed by atoms with E-state index >= 15 is 0 Å². The Balaban J connectivity index is 2.31. The van der Waals surface area contributed by atoms with Crippen molar-refractivity contribution >= 4 is 43.5 Å². The molecule has 0 fully saturated rings. The molecule has 0 saturated carbocycles. The number of alkyl halides is 1. The summed E-state index contributed by atoms with van der Waals surface area (Å²) in [4.78, 5) is -0.348. The molecule has 0 amide bonds. The molecule has 0 aliphatic carbocycles. The minimum atomic E-state index is -0.382. The number of hydrogen-bond acceptors (Lipinski definition) is 0. The molecular formula is C14H9Br2ClF2. The molecule has 0 aliphatic heterocycles. The lowest BCUT2D eigenvalue weighted by Crippen LogP contribution is -2.01. The van der Waals surface area contributed by atoms with Crippen molar-refractivity contribution < 1.29 is 8.78 Å². The Morgan fingerprint density at radius 3 is 2.53 bits per heavy atom. The molecule has 0 spiro atoms. The second-order valence-electron chi connectivity index (χ2n) is 4.04. The van der Waals surface area contributed by atoms with Crippen LogP contribution in [0.25, 0.3) is 0 Å². The Hall–Kier alpha value is -0.450. The molecule has 0 N–H and O–H groups in total. The Morgan fingerprint density at radius 1 is 1.11 bits per heavy atom. The summed E-state index contributed by atoms with van der Waals surface area (Å²) in [6.45, 7) is 0. The van der Waals surface area contributed by atoms with Gasteiger partial charge in [-0.3, -0.25) is 0 Å². The maximum absolute atomic E-state index is 13.7. The Bertz CT molecular complexity index is 582. The molecule has 2 rings (SSSR count). The van der Waals surface area contributed by atoms with E-state index in [1.165, 1.54) is 12.1 Å². The van der Waals surface area contributed by atoms with E-state index in [-0.39, 0.29) is 22.9 Å². The molecule has 100 valence electrons. The van der Waals surface area contributed by atoms with Gasteiger partial charge in [0.2, 0.25) is 0 Å². The SMILES string of the molecule is Fc1ccc(Br)cc1C(Br)Cc1c(F)cccc1Cl. The first-order chi connectivity index (χ1) is 8.99. The predicted molar refractivity (Wildman–Crippen MR) is 80.9 cm³/mol. The van der Waals surface area contributed by atoms with E-state index in [0.717, 1.165) is 4.47 Å². The number of halogens is 5. The van der Waals surface area contributed by atoms with Gasteiger partial charge in [0.05, 0.1) is 0 Å². The monoisotopic (exact) mass is 408 g/mol. The van der Waals surface area contributed by atoms with Gasteiger partial charge in [-0.05, 0) is 36.8 Å². The molecule has 0 saturated heterocycles. The second kappa shape index (κ2) is 6.33. The van der Waals surface area contributed by atoms with E-state index in [4.69, 9.17) is 11.6 Å². The molecule has 2 aromatic carbocycles. The lowest BCUT2D eigenvalue weighted by Gasteiger charge is -2.13. The van der Waals surface area contributed by atoms with Gasteiger partial charge >= 0.3 is 0 Å². The van der Waals surface area contributed by atoms with Crippen molar-refractivity contribution in [1.82, 2.24) is 0 Å². The van der Waals surface area contributed by atoms with Crippen molar-refractivity contribution in [3.8, 4) is 0 Å². The lowest BCUT2D eigenvalue weighted by atomic mass is 10.0. The molecule has 19 heavy (non-hydrogen) atoms. The zero-order valence-electron chi connectivity index (χ0n) is 9.64. The van der Waals surface area contributed by atoms with Gasteiger partial charge in [0.15, 0.2) is 0 Å². The molecule has 0 radical (unpaired) electrons. The average Bonchev–Trinajstić information content (AvgIpc) is 2.37. The van der Waals surface area contributed by atoms with Gasteiger partial charge in [0, 0.05) is 25.4 Å². The van der Waals surface area contributed by atoms with E-state index in [1.54, 1.807) is 24.3 Å². The first kappa shape index (κ1) is 14.9. The molecule has 0 nitrogen and oxygen atoms in total. The van der Waals surface area contributed by atoms with Crippen LogP contribution in [0.15, 0.2) is 40.9 Å². The van der Waals surface area contributed by atoms with Crippen molar-refractivity contribution in [2.75, 3.05) is 0 Å². The van der Waals surface area contributed by atoms with Crippen LogP contribution in [0.3, 0.4) is 0 Å². The number of benzene rings is 2. The van der Waals surface area contributed by atoms with Crippen LogP contribution in [0.5, 0.6) is 0 Å². The molecule has 1 unspecified atom stereocenters. The van der Waals surface area contributed by atoms with Crippen molar-refractivity contribution in [1.29, 1.82) is 0 Å². The van der Waals surface area contributed by atoms with Crippen LogP contribution < -0.4 is 0 Å². The summed E-state index contributed by atoms with van der Waals surface area (Å²) in [6.07, 6.45) is 0.277. The minimum Gasteiger partial charge on any atom is -0.207 e. The van der Waals surface area contributed by atoms with E-state index in [1.807, 2.05) is 0 Å². The molecule has 0 aromatic heterocycles. The normalized spacial score (nSPS) is 12.5. The molecule has 0 bridgehead atoms. The van der Waals surface area contributed by atoms with E-state index in [0.29, 0.717) is 16.1 Å². The molecule has 2 aromatic rings. The maximum atomic E-state index is 13.7. The topological polar surface area (TPSA) is 0 Å². The van der Waals surface area contributed by atoms with Gasteiger partial charge in [-0.2, -0.15) is 0 Å². The van der Waals surface area contributed by atoms with E-state index in [2.05, 4.69) is 31.9 Å². The highest BCUT2D eigenvalue weighted by Crippen LogP contribution is 2.33. The van der Waals surface area contributed by atoms with Crippen molar-refractivity contribution in [3.63, 3.8) is 0 Å². The van der Waals surface area contributed by atoms with Gasteiger partial charge in [-0.15, -0.1) is 0 Å². The van der Waals surface area contributed by atoms with E-state index < -0.39 is 0 Å². The molecule has 0 heterocycles. The fourth-order valence-electron chi connectivity index (χ4n) is 1.77. The summed E-state index contributed by atoms with van der Waals surface area (Å²) in [6, 6.07) is 9.17. The standard InChI is InChI=1S/C14H9Br2ClF2/c15-8-4-5-14(19)9(6-8)11(16)7-10-12(17)2-1-3-13(10)18/h1-6,11H,7H2. The fraction of sp³-hybridized carbons (Fsp3) is 0.143. The quantitative estimate of drug-likeness (QED) is 0.540. The highest BCUT2D eigenvalue weighted by molar-refractivity contribution is 9.10. The third kappa shape index (κ3) is 3.56. The summed E-state index contributed by atoms with van der Waals surface area (Å²) < 4.78 is 28.2. The first-order valence-corrected chi connectivity index (χ1v) is 7.59. The number of rotatable bonds is 3. The van der Waals surface area contributed by atoms with Crippen LogP contribution in [0, 0.1) is 11.6 Å². The predicted octanol–water partition coefficient (Wildman–Crippen LogP) is 6.06. The third-order valence-corrected chi connectivity index (χ3v) is 4.40. The summed E-state index contributed by atoms with van der Waals surface area (Å²) in [5.41, 5.74) is 0.846. The van der Waals surface area contributed by atoms with Gasteiger partial charge in [0.1, 0.15) is 11.6 Å². The lowest BCUT2D eigenvalue weighted by molar-refractivity contribution is 0.594. The largest absolute Gasteiger partial charge is 0.207 e. The number of hydrogen-bond donors (Lipinski definition) is 0. The third-order valence-electron chi connectivity index (χ3n) is 2.74. The molecule has 5 heteroatoms.